The molecule has 26 heavy (non-hydrogen) atoms. The molecule has 1 saturated heterocycles. The van der Waals surface area contributed by atoms with Gasteiger partial charge in [-0.25, -0.2) is 0 Å². The minimum Gasteiger partial charge on any atom is -0.338 e. The minimum atomic E-state index is 0.0228. The molecule has 4 rings (SSSR count). The van der Waals surface area contributed by atoms with Gasteiger partial charge in [0.25, 0.3) is 5.91 Å². The van der Waals surface area contributed by atoms with Crippen molar-refractivity contribution in [3.63, 3.8) is 0 Å². The lowest BCUT2D eigenvalue weighted by Crippen LogP contribution is -2.32. The van der Waals surface area contributed by atoms with Crippen molar-refractivity contribution in [1.29, 1.82) is 0 Å². The predicted molar refractivity (Wildman–Crippen MR) is 97.5 cm³/mol. The van der Waals surface area contributed by atoms with Crippen LogP contribution in [0.4, 0.5) is 5.69 Å². The summed E-state index contributed by atoms with van der Waals surface area (Å²) in [5.41, 5.74) is 2.36. The fourth-order valence-electron chi connectivity index (χ4n) is 3.92. The van der Waals surface area contributed by atoms with Gasteiger partial charge < -0.3 is 10.2 Å². The number of anilines is 1. The highest BCUT2D eigenvalue weighted by Gasteiger charge is 2.56. The van der Waals surface area contributed by atoms with Crippen molar-refractivity contribution < 1.29 is 9.59 Å². The van der Waals surface area contributed by atoms with Crippen LogP contribution >= 0.6 is 0 Å². The highest BCUT2D eigenvalue weighted by atomic mass is 16.2. The SMILES string of the molecule is CCc1ccc(C(=O)N2C[C@@H]3C(CC(=O)Nc4cccnc4)[C@@H]3C2)cn1. The number of hydrogen-bond acceptors (Lipinski definition) is 4. The first-order valence-electron chi connectivity index (χ1n) is 9.09. The van der Waals surface area contributed by atoms with E-state index in [2.05, 4.69) is 15.3 Å². The van der Waals surface area contributed by atoms with Crippen LogP contribution in [0.15, 0.2) is 42.9 Å². The Labute approximate surface area is 152 Å². The van der Waals surface area contributed by atoms with Gasteiger partial charge in [0.1, 0.15) is 0 Å². The molecule has 134 valence electrons. The van der Waals surface area contributed by atoms with Crippen molar-refractivity contribution in [2.45, 2.75) is 19.8 Å². The monoisotopic (exact) mass is 350 g/mol. The van der Waals surface area contributed by atoms with E-state index >= 15 is 0 Å². The number of hydrogen-bond donors (Lipinski definition) is 1. The summed E-state index contributed by atoms with van der Waals surface area (Å²) >= 11 is 0. The number of amides is 2. The molecule has 6 nitrogen and oxygen atoms in total. The van der Waals surface area contributed by atoms with Gasteiger partial charge in [0.15, 0.2) is 0 Å². The largest absolute Gasteiger partial charge is 0.338 e. The predicted octanol–water partition coefficient (Wildman–Crippen LogP) is 2.39. The third-order valence-electron chi connectivity index (χ3n) is 5.46. The summed E-state index contributed by atoms with van der Waals surface area (Å²) < 4.78 is 0. The van der Waals surface area contributed by atoms with Crippen LogP contribution < -0.4 is 5.32 Å². The van der Waals surface area contributed by atoms with Gasteiger partial charge in [-0.05, 0) is 48.4 Å². The lowest BCUT2D eigenvalue weighted by molar-refractivity contribution is -0.116. The fraction of sp³-hybridized carbons (Fsp3) is 0.400. The Kier molecular flexibility index (Phi) is 4.41. The van der Waals surface area contributed by atoms with Crippen LogP contribution in [0.1, 0.15) is 29.4 Å². The Bertz CT molecular complexity index is 794. The zero-order chi connectivity index (χ0) is 18.1. The minimum absolute atomic E-state index is 0.0228. The highest BCUT2D eigenvalue weighted by molar-refractivity contribution is 5.94. The molecule has 1 N–H and O–H groups in total. The molecular formula is C20H22N4O2. The maximum Gasteiger partial charge on any atom is 0.255 e. The molecule has 2 aliphatic rings. The summed E-state index contributed by atoms with van der Waals surface area (Å²) in [5, 5.41) is 2.88. The van der Waals surface area contributed by atoms with Crippen molar-refractivity contribution in [2.24, 2.45) is 17.8 Å². The second-order valence-corrected chi connectivity index (χ2v) is 7.09. The van der Waals surface area contributed by atoms with Crippen LogP contribution in [0, 0.1) is 17.8 Å². The zero-order valence-corrected chi connectivity index (χ0v) is 14.8. The zero-order valence-electron chi connectivity index (χ0n) is 14.8. The van der Waals surface area contributed by atoms with Gasteiger partial charge in [-0.1, -0.05) is 6.92 Å². The number of carbonyl (C=O) groups is 2. The van der Waals surface area contributed by atoms with Gasteiger partial charge in [-0.3, -0.25) is 19.6 Å². The number of aromatic nitrogens is 2. The van der Waals surface area contributed by atoms with Crippen LogP contribution in [0.2, 0.25) is 0 Å². The normalized spacial score (nSPS) is 23.4. The summed E-state index contributed by atoms with van der Waals surface area (Å²) in [6, 6.07) is 7.40. The van der Waals surface area contributed by atoms with Gasteiger partial charge in [-0.15, -0.1) is 0 Å². The number of pyridine rings is 2. The molecule has 6 heteroatoms. The molecule has 2 aromatic heterocycles. The molecule has 0 spiro atoms. The van der Waals surface area contributed by atoms with Gasteiger partial charge in [0, 0.05) is 37.6 Å². The van der Waals surface area contributed by atoms with E-state index in [1.165, 1.54) is 0 Å². The number of aryl methyl sites for hydroxylation is 1. The maximum absolute atomic E-state index is 12.6. The Morgan fingerprint density at radius 1 is 1.19 bits per heavy atom. The number of nitrogens with one attached hydrogen (secondary N) is 1. The Balaban J connectivity index is 1.28. The number of piperidine rings is 1. The van der Waals surface area contributed by atoms with Gasteiger partial charge in [-0.2, -0.15) is 0 Å². The number of rotatable bonds is 5. The first-order chi connectivity index (χ1) is 12.7. The number of likely N-dealkylation sites (tertiary alicyclic amines) is 1. The molecule has 1 aliphatic carbocycles. The average molecular weight is 350 g/mol. The summed E-state index contributed by atoms with van der Waals surface area (Å²) in [6.07, 6.45) is 6.37. The number of nitrogens with zero attached hydrogens (tertiary/aromatic N) is 3. The standard InChI is InChI=1S/C20H22N4O2/c1-2-14-6-5-13(9-22-14)20(26)24-11-17-16(18(17)12-24)8-19(25)23-15-4-3-7-21-10-15/h3-7,9-10,16-18H,2,8,11-12H2,1H3,(H,23,25)/t16?,17-,18+. The lowest BCUT2D eigenvalue weighted by atomic mass is 10.1. The molecule has 2 fully saturated rings. The van der Waals surface area contributed by atoms with Crippen LogP contribution in [0.25, 0.3) is 0 Å². The maximum atomic E-state index is 12.6. The van der Waals surface area contributed by atoms with Crippen molar-refractivity contribution in [3.8, 4) is 0 Å². The lowest BCUT2D eigenvalue weighted by Gasteiger charge is -2.20. The smallest absolute Gasteiger partial charge is 0.255 e. The second-order valence-electron chi connectivity index (χ2n) is 7.09. The van der Waals surface area contributed by atoms with Gasteiger partial charge in [0.2, 0.25) is 5.91 Å². The second kappa shape index (κ2) is 6.86. The van der Waals surface area contributed by atoms with Crippen molar-refractivity contribution >= 4 is 17.5 Å². The van der Waals surface area contributed by atoms with Crippen LogP contribution in [-0.2, 0) is 11.2 Å². The third kappa shape index (κ3) is 3.31. The van der Waals surface area contributed by atoms with E-state index < -0.39 is 0 Å². The van der Waals surface area contributed by atoms with E-state index in [1.54, 1.807) is 24.7 Å². The Morgan fingerprint density at radius 3 is 2.62 bits per heavy atom. The quantitative estimate of drug-likeness (QED) is 0.898. The summed E-state index contributed by atoms with van der Waals surface area (Å²) in [4.78, 5) is 34.9. The molecule has 1 unspecified atom stereocenters. The van der Waals surface area contributed by atoms with E-state index in [0.717, 1.165) is 30.9 Å². The van der Waals surface area contributed by atoms with Crippen molar-refractivity contribution in [2.75, 3.05) is 18.4 Å². The number of fused-ring (bicyclic) bond motifs is 1. The molecule has 1 saturated carbocycles. The van der Waals surface area contributed by atoms with Crippen molar-refractivity contribution in [3.05, 3.63) is 54.1 Å². The first kappa shape index (κ1) is 16.7. The first-order valence-corrected chi connectivity index (χ1v) is 9.09. The van der Waals surface area contributed by atoms with E-state index in [4.69, 9.17) is 0 Å². The molecular weight excluding hydrogens is 328 g/mol. The Hall–Kier alpha value is -2.76. The average Bonchev–Trinajstić information content (AvgIpc) is 3.11. The van der Waals surface area contributed by atoms with Crippen LogP contribution in [-0.4, -0.2) is 39.8 Å². The summed E-state index contributed by atoms with van der Waals surface area (Å²) in [6.45, 7) is 3.52. The molecule has 0 bridgehead atoms. The number of carbonyl (C=O) groups excluding carboxylic acids is 2. The van der Waals surface area contributed by atoms with E-state index in [-0.39, 0.29) is 11.8 Å². The van der Waals surface area contributed by atoms with Crippen LogP contribution in [0.3, 0.4) is 0 Å². The topological polar surface area (TPSA) is 75.2 Å². The summed E-state index contributed by atoms with van der Waals surface area (Å²) in [5.74, 6) is 1.35. The Morgan fingerprint density at radius 2 is 2.00 bits per heavy atom. The van der Waals surface area contributed by atoms with Crippen LogP contribution in [0.5, 0.6) is 0 Å². The molecule has 3 heterocycles. The van der Waals surface area contributed by atoms with E-state index in [9.17, 15) is 9.59 Å². The summed E-state index contributed by atoms with van der Waals surface area (Å²) in [7, 11) is 0. The van der Waals surface area contributed by atoms with E-state index in [0.29, 0.717) is 29.7 Å². The van der Waals surface area contributed by atoms with Crippen molar-refractivity contribution in [1.82, 2.24) is 14.9 Å². The molecule has 0 radical (unpaired) electrons. The fourth-order valence-corrected chi connectivity index (χ4v) is 3.92. The molecule has 1 aliphatic heterocycles. The molecule has 2 aromatic rings. The molecule has 0 aromatic carbocycles. The van der Waals surface area contributed by atoms with Gasteiger partial charge in [0.05, 0.1) is 17.4 Å². The highest BCUT2D eigenvalue weighted by Crippen LogP contribution is 2.53. The van der Waals surface area contributed by atoms with E-state index in [1.807, 2.05) is 30.0 Å². The van der Waals surface area contributed by atoms with Gasteiger partial charge >= 0.3 is 0 Å². The third-order valence-corrected chi connectivity index (χ3v) is 5.46. The molecule has 3 atom stereocenters. The molecule has 2 amide bonds.